The number of nitrogens with two attached hydrogens (primary N) is 1. The molecule has 0 radical (unpaired) electrons. The van der Waals surface area contributed by atoms with Gasteiger partial charge in [0.15, 0.2) is 0 Å². The molecule has 1 atom stereocenters. The first-order chi connectivity index (χ1) is 9.71. The Morgan fingerprint density at radius 2 is 1.59 bits per heavy atom. The molecule has 0 aliphatic rings. The van der Waals surface area contributed by atoms with E-state index >= 15 is 0 Å². The van der Waals surface area contributed by atoms with E-state index in [1.165, 1.54) is 0 Å². The van der Waals surface area contributed by atoms with Crippen molar-refractivity contribution in [1.82, 2.24) is 10.6 Å². The van der Waals surface area contributed by atoms with Gasteiger partial charge in [0, 0.05) is 18.7 Å². The topological polar surface area (TPSA) is 84.2 Å². The van der Waals surface area contributed by atoms with Crippen molar-refractivity contribution in [1.29, 1.82) is 0 Å². The summed E-state index contributed by atoms with van der Waals surface area (Å²) in [4.78, 5) is 23.6. The highest BCUT2D eigenvalue weighted by atomic mass is 35.5. The van der Waals surface area contributed by atoms with Gasteiger partial charge in [-0.05, 0) is 24.5 Å². The van der Waals surface area contributed by atoms with Crippen molar-refractivity contribution >= 4 is 24.2 Å². The van der Waals surface area contributed by atoms with Gasteiger partial charge in [-0.15, -0.1) is 12.4 Å². The summed E-state index contributed by atoms with van der Waals surface area (Å²) in [5.74, 6) is -0.351. The van der Waals surface area contributed by atoms with Crippen LogP contribution in [0.2, 0.25) is 0 Å². The van der Waals surface area contributed by atoms with Crippen LogP contribution in [0.3, 0.4) is 0 Å². The van der Waals surface area contributed by atoms with E-state index in [4.69, 9.17) is 5.73 Å². The lowest BCUT2D eigenvalue weighted by molar-refractivity contribution is -0.124. The molecule has 1 aromatic rings. The molecule has 0 spiro atoms. The first-order valence-electron chi connectivity index (χ1n) is 7.10. The van der Waals surface area contributed by atoms with E-state index in [0.29, 0.717) is 18.7 Å². The van der Waals surface area contributed by atoms with Crippen LogP contribution in [-0.2, 0) is 4.79 Å². The lowest BCUT2D eigenvalue weighted by Gasteiger charge is -2.25. The average Bonchev–Trinajstić information content (AvgIpc) is 2.42. The quantitative estimate of drug-likeness (QED) is 0.719. The monoisotopic (exact) mass is 327 g/mol. The lowest BCUT2D eigenvalue weighted by Crippen LogP contribution is -2.49. The van der Waals surface area contributed by atoms with Crippen LogP contribution in [-0.4, -0.2) is 30.9 Å². The molecular weight excluding hydrogens is 302 g/mol. The van der Waals surface area contributed by atoms with Crippen LogP contribution >= 0.6 is 12.4 Å². The van der Waals surface area contributed by atoms with Gasteiger partial charge in [0.25, 0.3) is 5.91 Å². The third-order valence-electron chi connectivity index (χ3n) is 3.24. The largest absolute Gasteiger partial charge is 0.353 e. The molecule has 0 unspecified atom stereocenters. The number of aryl methyl sites for hydroxylation is 1. The van der Waals surface area contributed by atoms with Crippen molar-refractivity contribution in [2.75, 3.05) is 13.1 Å². The Labute approximate surface area is 138 Å². The summed E-state index contributed by atoms with van der Waals surface area (Å²) >= 11 is 0. The minimum Gasteiger partial charge on any atom is -0.353 e. The van der Waals surface area contributed by atoms with Gasteiger partial charge in [-0.2, -0.15) is 0 Å². The molecule has 124 valence electrons. The lowest BCUT2D eigenvalue weighted by atomic mass is 9.87. The van der Waals surface area contributed by atoms with E-state index in [0.717, 1.165) is 5.56 Å². The Morgan fingerprint density at radius 3 is 2.09 bits per heavy atom. The normalized spacial score (nSPS) is 12.0. The van der Waals surface area contributed by atoms with Gasteiger partial charge in [-0.3, -0.25) is 9.59 Å². The van der Waals surface area contributed by atoms with E-state index in [-0.39, 0.29) is 29.6 Å². The van der Waals surface area contributed by atoms with Crippen molar-refractivity contribution in [3.8, 4) is 0 Å². The summed E-state index contributed by atoms with van der Waals surface area (Å²) in [6.45, 7) is 8.44. The van der Waals surface area contributed by atoms with Crippen molar-refractivity contribution < 1.29 is 9.59 Å². The molecule has 1 rings (SSSR count). The number of carbonyl (C=O) groups is 2. The molecule has 2 amide bonds. The molecule has 22 heavy (non-hydrogen) atoms. The molecule has 4 N–H and O–H groups in total. The highest BCUT2D eigenvalue weighted by Gasteiger charge is 2.26. The second-order valence-corrected chi connectivity index (χ2v) is 6.26. The zero-order chi connectivity index (χ0) is 16.0. The molecule has 0 heterocycles. The number of hydrogen-bond donors (Lipinski definition) is 3. The summed E-state index contributed by atoms with van der Waals surface area (Å²) in [5.41, 5.74) is 7.28. The Morgan fingerprint density at radius 1 is 1.09 bits per heavy atom. The molecule has 0 saturated carbocycles. The average molecular weight is 328 g/mol. The fourth-order valence-electron chi connectivity index (χ4n) is 1.67. The Hall–Kier alpha value is -1.59. The Balaban J connectivity index is 0.00000441. The van der Waals surface area contributed by atoms with Crippen molar-refractivity contribution in [2.45, 2.75) is 33.7 Å². The second-order valence-electron chi connectivity index (χ2n) is 6.26. The molecule has 0 saturated heterocycles. The molecule has 0 aliphatic heterocycles. The van der Waals surface area contributed by atoms with Crippen LogP contribution in [0.1, 0.15) is 36.7 Å². The maximum absolute atomic E-state index is 11.8. The summed E-state index contributed by atoms with van der Waals surface area (Å²) in [7, 11) is 0. The number of amides is 2. The first-order valence-corrected chi connectivity index (χ1v) is 7.10. The van der Waals surface area contributed by atoms with Crippen LogP contribution in [0, 0.1) is 12.3 Å². The summed E-state index contributed by atoms with van der Waals surface area (Å²) < 4.78 is 0. The van der Waals surface area contributed by atoms with Crippen molar-refractivity contribution in [3.05, 3.63) is 35.4 Å². The molecule has 5 nitrogen and oxygen atoms in total. The van der Waals surface area contributed by atoms with Gasteiger partial charge < -0.3 is 16.4 Å². The molecular formula is C16H26ClN3O2. The fraction of sp³-hybridized carbons (Fsp3) is 0.500. The van der Waals surface area contributed by atoms with E-state index in [1.54, 1.807) is 12.1 Å². The molecule has 0 bridgehead atoms. The third kappa shape index (κ3) is 6.45. The molecule has 0 aliphatic carbocycles. The molecule has 1 aromatic carbocycles. The van der Waals surface area contributed by atoms with Crippen LogP contribution in [0.25, 0.3) is 0 Å². The number of halogens is 1. The maximum Gasteiger partial charge on any atom is 0.251 e. The Bertz CT molecular complexity index is 495. The zero-order valence-corrected chi connectivity index (χ0v) is 14.4. The van der Waals surface area contributed by atoms with E-state index in [1.807, 2.05) is 39.8 Å². The minimum atomic E-state index is -0.565. The van der Waals surface area contributed by atoms with Crippen LogP contribution < -0.4 is 16.4 Å². The molecule has 0 aromatic heterocycles. The predicted octanol–water partition coefficient (Wildman–Crippen LogP) is 1.64. The van der Waals surface area contributed by atoms with Gasteiger partial charge in [-0.25, -0.2) is 0 Å². The number of nitrogens with one attached hydrogen (secondary N) is 2. The van der Waals surface area contributed by atoms with Crippen LogP contribution in [0.5, 0.6) is 0 Å². The van der Waals surface area contributed by atoms with Gasteiger partial charge >= 0.3 is 0 Å². The van der Waals surface area contributed by atoms with Gasteiger partial charge in [0.1, 0.15) is 0 Å². The van der Waals surface area contributed by atoms with Crippen molar-refractivity contribution in [2.24, 2.45) is 11.1 Å². The summed E-state index contributed by atoms with van der Waals surface area (Å²) in [6, 6.07) is 6.76. The highest BCUT2D eigenvalue weighted by molar-refractivity contribution is 5.94. The number of carbonyl (C=O) groups excluding carboxylic acids is 2. The number of rotatable bonds is 5. The van der Waals surface area contributed by atoms with E-state index in [2.05, 4.69) is 10.6 Å². The minimum absolute atomic E-state index is 0. The van der Waals surface area contributed by atoms with Crippen LogP contribution in [0.4, 0.5) is 0 Å². The summed E-state index contributed by atoms with van der Waals surface area (Å²) in [5, 5.41) is 5.48. The SMILES string of the molecule is Cc1ccc(C(=O)NCCNC(=O)[C@@H](N)C(C)(C)C)cc1.Cl. The van der Waals surface area contributed by atoms with E-state index < -0.39 is 6.04 Å². The maximum atomic E-state index is 11.8. The van der Waals surface area contributed by atoms with Crippen LogP contribution in [0.15, 0.2) is 24.3 Å². The van der Waals surface area contributed by atoms with E-state index in [9.17, 15) is 9.59 Å². The standard InChI is InChI=1S/C16H25N3O2.ClH/c1-11-5-7-12(8-6-11)14(20)18-9-10-19-15(21)13(17)16(2,3)4;/h5-8,13H,9-10,17H2,1-4H3,(H,18,20)(H,19,21);1H/t13-;/m1./s1. The first kappa shape index (κ1) is 20.4. The molecule has 6 heteroatoms. The molecule has 0 fully saturated rings. The van der Waals surface area contributed by atoms with Gasteiger partial charge in [0.2, 0.25) is 5.91 Å². The number of hydrogen-bond acceptors (Lipinski definition) is 3. The third-order valence-corrected chi connectivity index (χ3v) is 3.24. The number of benzene rings is 1. The van der Waals surface area contributed by atoms with Gasteiger partial charge in [-0.1, -0.05) is 38.5 Å². The fourth-order valence-corrected chi connectivity index (χ4v) is 1.67. The summed E-state index contributed by atoms with van der Waals surface area (Å²) in [6.07, 6.45) is 0. The highest BCUT2D eigenvalue weighted by Crippen LogP contribution is 2.16. The Kier molecular flexibility index (Phi) is 8.12. The zero-order valence-electron chi connectivity index (χ0n) is 13.6. The smallest absolute Gasteiger partial charge is 0.251 e. The van der Waals surface area contributed by atoms with Crippen molar-refractivity contribution in [3.63, 3.8) is 0 Å². The van der Waals surface area contributed by atoms with Gasteiger partial charge in [0.05, 0.1) is 6.04 Å². The second kappa shape index (κ2) is 8.76. The predicted molar refractivity (Wildman–Crippen MR) is 91.2 cm³/mol.